The van der Waals surface area contributed by atoms with Gasteiger partial charge in [-0.05, 0) is 30.3 Å². The van der Waals surface area contributed by atoms with Crippen molar-refractivity contribution in [2.45, 2.75) is 0 Å². The van der Waals surface area contributed by atoms with Gasteiger partial charge in [0.2, 0.25) is 11.6 Å². The molecule has 0 unspecified atom stereocenters. The van der Waals surface area contributed by atoms with Gasteiger partial charge < -0.3 is 47.7 Å². The highest BCUT2D eigenvalue weighted by Gasteiger charge is 2.21. The molecular weight excluding hydrogens is 540 g/mol. The van der Waals surface area contributed by atoms with E-state index >= 15 is 0 Å². The molecule has 2 aromatic rings. The first-order chi connectivity index (χ1) is 20.0. The van der Waals surface area contributed by atoms with Crippen LogP contribution in [0.3, 0.4) is 0 Å². The van der Waals surface area contributed by atoms with Gasteiger partial charge in [-0.1, -0.05) is 0 Å². The van der Waals surface area contributed by atoms with Crippen LogP contribution in [0.25, 0.3) is 0 Å². The maximum Gasteiger partial charge on any atom is 0.233 e. The summed E-state index contributed by atoms with van der Waals surface area (Å²) in [6, 6.07) is 9.12. The summed E-state index contributed by atoms with van der Waals surface area (Å²) in [4.78, 5) is 25.7. The number of hydrogen-bond donors (Lipinski definition) is 1. The van der Waals surface area contributed by atoms with Gasteiger partial charge in [-0.15, -0.1) is 0 Å². The van der Waals surface area contributed by atoms with Gasteiger partial charge in [0.25, 0.3) is 0 Å². The van der Waals surface area contributed by atoms with Crippen LogP contribution in [0.15, 0.2) is 36.4 Å². The molecule has 0 spiro atoms. The van der Waals surface area contributed by atoms with Crippen molar-refractivity contribution >= 4 is 11.6 Å². The second-order valence-corrected chi connectivity index (χ2v) is 8.26. The fourth-order valence-electron chi connectivity index (χ4n) is 3.39. The molecule has 0 bridgehead atoms. The van der Waals surface area contributed by atoms with Crippen LogP contribution >= 0.6 is 0 Å². The Kier molecular flexibility index (Phi) is 17.0. The smallest absolute Gasteiger partial charge is 0.233 e. The molecule has 0 aliphatic heterocycles. The molecule has 0 aliphatic carbocycles. The van der Waals surface area contributed by atoms with Crippen LogP contribution in [-0.2, 0) is 23.7 Å². The number of carbonyl (C=O) groups excluding carboxylic acids is 2. The number of ketones is 2. The Morgan fingerprint density at radius 1 is 0.537 bits per heavy atom. The van der Waals surface area contributed by atoms with E-state index < -0.39 is 11.6 Å². The highest BCUT2D eigenvalue weighted by atomic mass is 16.6. The molecule has 228 valence electrons. The highest BCUT2D eigenvalue weighted by molar-refractivity contribution is 6.49. The zero-order chi connectivity index (χ0) is 29.7. The van der Waals surface area contributed by atoms with E-state index in [1.54, 1.807) is 12.1 Å². The molecule has 0 aromatic heterocycles. The number of ether oxygens (including phenoxy) is 9. The van der Waals surface area contributed by atoms with Gasteiger partial charge in [-0.25, -0.2) is 0 Å². The molecule has 41 heavy (non-hydrogen) atoms. The largest absolute Gasteiger partial charge is 0.497 e. The van der Waals surface area contributed by atoms with Gasteiger partial charge in [-0.2, -0.15) is 0 Å². The van der Waals surface area contributed by atoms with E-state index in [0.717, 1.165) is 0 Å². The average Bonchev–Trinajstić information content (AvgIpc) is 3.01. The number of methoxy groups -OCH3 is 3. The molecule has 0 amide bonds. The second kappa shape index (κ2) is 20.6. The monoisotopic (exact) mass is 580 g/mol. The number of Topliss-reactive ketones (excluding diaryl/α,β-unsaturated/α-hetero) is 2. The lowest BCUT2D eigenvalue weighted by Crippen LogP contribution is -2.15. The van der Waals surface area contributed by atoms with Crippen molar-refractivity contribution in [2.75, 3.05) is 101 Å². The van der Waals surface area contributed by atoms with Crippen molar-refractivity contribution in [2.24, 2.45) is 0 Å². The van der Waals surface area contributed by atoms with Crippen molar-refractivity contribution in [1.82, 2.24) is 0 Å². The van der Waals surface area contributed by atoms with E-state index in [9.17, 15) is 9.59 Å². The summed E-state index contributed by atoms with van der Waals surface area (Å²) >= 11 is 0. The Bertz CT molecular complexity index is 1020. The first-order valence-electron chi connectivity index (χ1n) is 13.2. The molecule has 0 radical (unpaired) electrons. The molecule has 0 atom stereocenters. The molecule has 0 saturated carbocycles. The van der Waals surface area contributed by atoms with E-state index in [-0.39, 0.29) is 24.3 Å². The Balaban J connectivity index is 1.63. The van der Waals surface area contributed by atoms with Crippen molar-refractivity contribution in [3.05, 3.63) is 47.5 Å². The Labute approximate surface area is 240 Å². The van der Waals surface area contributed by atoms with E-state index in [0.29, 0.717) is 89.1 Å². The number of rotatable bonds is 24. The Morgan fingerprint density at radius 2 is 1.00 bits per heavy atom. The van der Waals surface area contributed by atoms with E-state index in [1.165, 1.54) is 45.6 Å². The summed E-state index contributed by atoms with van der Waals surface area (Å²) in [7, 11) is 4.38. The standard InChI is InChI=1S/C29H40O12/c1-33-24-18-23(19-25(21-24)34-2)29(32)28(31)22-4-5-26(27(20-22)35-3)41-17-16-40-15-14-39-13-12-38-11-10-37-9-8-36-7-6-30/h4-5,18-21,30H,6-17H2,1-3H3. The summed E-state index contributed by atoms with van der Waals surface area (Å²) in [5.41, 5.74) is 0.316. The molecule has 0 fully saturated rings. The second-order valence-electron chi connectivity index (χ2n) is 8.26. The normalized spacial score (nSPS) is 10.8. The van der Waals surface area contributed by atoms with Crippen molar-refractivity contribution in [1.29, 1.82) is 0 Å². The van der Waals surface area contributed by atoms with Gasteiger partial charge in [0, 0.05) is 17.2 Å². The quantitative estimate of drug-likeness (QED) is 0.111. The third-order valence-corrected chi connectivity index (χ3v) is 5.45. The zero-order valence-electron chi connectivity index (χ0n) is 23.9. The first kappa shape index (κ1) is 33.9. The maximum atomic E-state index is 12.9. The van der Waals surface area contributed by atoms with Crippen LogP contribution in [0.4, 0.5) is 0 Å². The highest BCUT2D eigenvalue weighted by Crippen LogP contribution is 2.29. The van der Waals surface area contributed by atoms with Crippen LogP contribution in [-0.4, -0.2) is 117 Å². The van der Waals surface area contributed by atoms with Crippen LogP contribution in [0.2, 0.25) is 0 Å². The predicted octanol–water partition coefficient (Wildman–Crippen LogP) is 2.23. The van der Waals surface area contributed by atoms with Gasteiger partial charge in [0.15, 0.2) is 11.5 Å². The molecule has 12 nitrogen and oxygen atoms in total. The number of aliphatic hydroxyl groups is 1. The van der Waals surface area contributed by atoms with Crippen LogP contribution in [0, 0.1) is 0 Å². The fourth-order valence-corrected chi connectivity index (χ4v) is 3.39. The molecule has 0 heterocycles. The predicted molar refractivity (Wildman–Crippen MR) is 148 cm³/mol. The fraction of sp³-hybridized carbons (Fsp3) is 0.517. The number of hydrogen-bond acceptors (Lipinski definition) is 12. The lowest BCUT2D eigenvalue weighted by atomic mass is 10.0. The molecule has 1 N–H and O–H groups in total. The van der Waals surface area contributed by atoms with Gasteiger partial charge in [0.05, 0.1) is 94.0 Å². The summed E-state index contributed by atoms with van der Waals surface area (Å²) in [6.07, 6.45) is 0. The molecular formula is C29H40O12. The molecule has 0 aliphatic rings. The van der Waals surface area contributed by atoms with E-state index in [4.69, 9.17) is 47.7 Å². The topological polar surface area (TPSA) is 137 Å². The molecule has 2 rings (SSSR count). The summed E-state index contributed by atoms with van der Waals surface area (Å²) < 4.78 is 48.2. The first-order valence-corrected chi connectivity index (χ1v) is 13.2. The minimum atomic E-state index is -0.703. The maximum absolute atomic E-state index is 12.9. The lowest BCUT2D eigenvalue weighted by Gasteiger charge is -2.12. The summed E-state index contributed by atoms with van der Waals surface area (Å²) in [5, 5.41) is 8.59. The third-order valence-electron chi connectivity index (χ3n) is 5.45. The average molecular weight is 581 g/mol. The molecule has 2 aromatic carbocycles. The van der Waals surface area contributed by atoms with Crippen molar-refractivity contribution in [3.63, 3.8) is 0 Å². The SMILES string of the molecule is COc1cc(OC)cc(C(=O)C(=O)c2ccc(OCCOCCOCCOCCOCCOCCO)c(OC)c2)c1. The van der Waals surface area contributed by atoms with E-state index in [2.05, 4.69) is 0 Å². The number of aliphatic hydroxyl groups excluding tert-OH is 1. The van der Waals surface area contributed by atoms with Crippen LogP contribution in [0.1, 0.15) is 20.7 Å². The molecule has 0 saturated heterocycles. The van der Waals surface area contributed by atoms with E-state index in [1.807, 2.05) is 0 Å². The Morgan fingerprint density at radius 3 is 1.46 bits per heavy atom. The lowest BCUT2D eigenvalue weighted by molar-refractivity contribution is -0.0147. The van der Waals surface area contributed by atoms with Crippen LogP contribution in [0.5, 0.6) is 23.0 Å². The minimum absolute atomic E-state index is 0.00519. The third kappa shape index (κ3) is 12.9. The number of benzene rings is 2. The summed E-state index contributed by atoms with van der Waals surface area (Å²) in [6.45, 7) is 4.41. The van der Waals surface area contributed by atoms with Crippen LogP contribution < -0.4 is 18.9 Å². The van der Waals surface area contributed by atoms with Crippen molar-refractivity contribution in [3.8, 4) is 23.0 Å². The van der Waals surface area contributed by atoms with Gasteiger partial charge in [0.1, 0.15) is 18.1 Å². The van der Waals surface area contributed by atoms with Crippen molar-refractivity contribution < 1.29 is 57.3 Å². The van der Waals surface area contributed by atoms with Gasteiger partial charge >= 0.3 is 0 Å². The molecule has 12 heteroatoms. The Hall–Kier alpha value is -3.26. The zero-order valence-corrected chi connectivity index (χ0v) is 23.9. The van der Waals surface area contributed by atoms with Gasteiger partial charge in [-0.3, -0.25) is 9.59 Å². The number of carbonyl (C=O) groups is 2. The summed E-state index contributed by atoms with van der Waals surface area (Å²) in [5.74, 6) is 0.132. The minimum Gasteiger partial charge on any atom is -0.497 e.